The summed E-state index contributed by atoms with van der Waals surface area (Å²) in [4.78, 5) is 13.1. The molecule has 0 aliphatic rings. The lowest BCUT2D eigenvalue weighted by Gasteiger charge is -2.17. The highest BCUT2D eigenvalue weighted by Crippen LogP contribution is 2.17. The molecule has 0 saturated carbocycles. The predicted molar refractivity (Wildman–Crippen MR) is 69.6 cm³/mol. The number of benzene rings is 1. The minimum atomic E-state index is -3.16. The first-order chi connectivity index (χ1) is 8.74. The van der Waals surface area contributed by atoms with Gasteiger partial charge in [-0.15, -0.1) is 0 Å². The Bertz CT molecular complexity index is 571. The van der Waals surface area contributed by atoms with Crippen molar-refractivity contribution < 1.29 is 22.3 Å². The SMILES string of the molecule is COc1ccc(C(=O)N(C)CCS(C)(=O)=O)c(F)c1. The van der Waals surface area contributed by atoms with Crippen LogP contribution >= 0.6 is 0 Å². The second-order valence-electron chi connectivity index (χ2n) is 4.20. The summed E-state index contributed by atoms with van der Waals surface area (Å²) in [6, 6.07) is 3.89. The second kappa shape index (κ2) is 6.01. The largest absolute Gasteiger partial charge is 0.497 e. The Morgan fingerprint density at radius 2 is 2.05 bits per heavy atom. The van der Waals surface area contributed by atoms with Crippen molar-refractivity contribution in [2.45, 2.75) is 0 Å². The molecule has 0 saturated heterocycles. The molecule has 0 aliphatic heterocycles. The number of rotatable bonds is 5. The average molecular weight is 289 g/mol. The van der Waals surface area contributed by atoms with E-state index in [0.717, 1.165) is 12.3 Å². The van der Waals surface area contributed by atoms with Gasteiger partial charge in [-0.25, -0.2) is 12.8 Å². The molecule has 0 heterocycles. The number of sulfone groups is 1. The molecule has 1 aromatic rings. The van der Waals surface area contributed by atoms with Crippen LogP contribution in [0.2, 0.25) is 0 Å². The molecule has 1 rings (SSSR count). The Kier molecular flexibility index (Phi) is 4.88. The first-order valence-electron chi connectivity index (χ1n) is 5.51. The van der Waals surface area contributed by atoms with Gasteiger partial charge in [0.2, 0.25) is 0 Å². The van der Waals surface area contributed by atoms with Gasteiger partial charge in [-0.1, -0.05) is 0 Å². The Balaban J connectivity index is 2.82. The van der Waals surface area contributed by atoms with E-state index in [9.17, 15) is 17.6 Å². The molecule has 106 valence electrons. The number of ether oxygens (including phenoxy) is 1. The van der Waals surface area contributed by atoms with Crippen LogP contribution in [0.5, 0.6) is 5.75 Å². The number of carbonyl (C=O) groups is 1. The van der Waals surface area contributed by atoms with Gasteiger partial charge < -0.3 is 9.64 Å². The molecular weight excluding hydrogens is 273 g/mol. The molecule has 0 unspecified atom stereocenters. The van der Waals surface area contributed by atoms with Crippen molar-refractivity contribution in [1.82, 2.24) is 4.90 Å². The number of halogens is 1. The van der Waals surface area contributed by atoms with Gasteiger partial charge in [0, 0.05) is 25.9 Å². The molecule has 1 aromatic carbocycles. The van der Waals surface area contributed by atoms with Crippen LogP contribution in [0.15, 0.2) is 18.2 Å². The summed E-state index contributed by atoms with van der Waals surface area (Å²) in [5.74, 6) is -1.11. The van der Waals surface area contributed by atoms with Crippen molar-refractivity contribution in [2.75, 3.05) is 32.7 Å². The van der Waals surface area contributed by atoms with Crippen molar-refractivity contribution in [2.24, 2.45) is 0 Å². The summed E-state index contributed by atoms with van der Waals surface area (Å²) in [5, 5.41) is 0. The molecule has 0 N–H and O–H groups in total. The highest BCUT2D eigenvalue weighted by molar-refractivity contribution is 7.90. The number of nitrogens with zero attached hydrogens (tertiary/aromatic N) is 1. The standard InChI is InChI=1S/C12H16FNO4S/c1-14(6-7-19(3,16)17)12(15)10-5-4-9(18-2)8-11(10)13/h4-5,8H,6-7H2,1-3H3. The number of carbonyl (C=O) groups excluding carboxylic acids is 1. The average Bonchev–Trinajstić information content (AvgIpc) is 2.34. The summed E-state index contributed by atoms with van der Waals surface area (Å²) in [6.07, 6.45) is 1.08. The van der Waals surface area contributed by atoms with Gasteiger partial charge in [0.25, 0.3) is 5.91 Å². The smallest absolute Gasteiger partial charge is 0.256 e. The van der Waals surface area contributed by atoms with Crippen LogP contribution in [-0.2, 0) is 9.84 Å². The quantitative estimate of drug-likeness (QED) is 0.809. The summed E-state index contributed by atoms with van der Waals surface area (Å²) in [7, 11) is -0.338. The van der Waals surface area contributed by atoms with Crippen molar-refractivity contribution in [3.8, 4) is 5.75 Å². The summed E-state index contributed by atoms with van der Waals surface area (Å²) < 4.78 is 40.5. The molecule has 1 amide bonds. The lowest BCUT2D eigenvalue weighted by Crippen LogP contribution is -2.32. The normalized spacial score (nSPS) is 11.2. The molecule has 0 spiro atoms. The lowest BCUT2D eigenvalue weighted by molar-refractivity contribution is 0.0799. The Morgan fingerprint density at radius 3 is 2.53 bits per heavy atom. The van der Waals surface area contributed by atoms with E-state index in [0.29, 0.717) is 5.75 Å². The molecule has 0 aromatic heterocycles. The highest BCUT2D eigenvalue weighted by atomic mass is 32.2. The minimum Gasteiger partial charge on any atom is -0.497 e. The van der Waals surface area contributed by atoms with E-state index in [1.807, 2.05) is 0 Å². The molecule has 7 heteroatoms. The zero-order valence-electron chi connectivity index (χ0n) is 11.0. The first-order valence-corrected chi connectivity index (χ1v) is 7.57. The van der Waals surface area contributed by atoms with Crippen LogP contribution < -0.4 is 4.74 Å². The maximum Gasteiger partial charge on any atom is 0.256 e. The van der Waals surface area contributed by atoms with Crippen LogP contribution in [0.1, 0.15) is 10.4 Å². The molecule has 5 nitrogen and oxygen atoms in total. The zero-order valence-corrected chi connectivity index (χ0v) is 11.8. The Labute approximate surface area is 111 Å². The molecule has 0 aliphatic carbocycles. The monoisotopic (exact) mass is 289 g/mol. The van der Waals surface area contributed by atoms with Crippen LogP contribution in [0.3, 0.4) is 0 Å². The van der Waals surface area contributed by atoms with Crippen molar-refractivity contribution in [1.29, 1.82) is 0 Å². The van der Waals surface area contributed by atoms with E-state index in [1.165, 1.54) is 31.2 Å². The highest BCUT2D eigenvalue weighted by Gasteiger charge is 2.17. The van der Waals surface area contributed by atoms with E-state index >= 15 is 0 Å². The maximum atomic E-state index is 13.7. The first kappa shape index (κ1) is 15.4. The zero-order chi connectivity index (χ0) is 14.6. The van der Waals surface area contributed by atoms with E-state index in [2.05, 4.69) is 0 Å². The van der Waals surface area contributed by atoms with E-state index in [-0.39, 0.29) is 17.9 Å². The number of hydrogen-bond donors (Lipinski definition) is 0. The number of hydrogen-bond acceptors (Lipinski definition) is 4. The third-order valence-corrected chi connectivity index (χ3v) is 3.48. The summed E-state index contributed by atoms with van der Waals surface area (Å²) in [6.45, 7) is 0.0170. The molecule has 0 fully saturated rings. The fourth-order valence-corrected chi connectivity index (χ4v) is 2.01. The van der Waals surface area contributed by atoms with E-state index < -0.39 is 21.6 Å². The third-order valence-electron chi connectivity index (χ3n) is 2.55. The Hall–Kier alpha value is -1.63. The van der Waals surface area contributed by atoms with Crippen LogP contribution in [0, 0.1) is 5.82 Å². The van der Waals surface area contributed by atoms with Gasteiger partial charge in [0.1, 0.15) is 21.4 Å². The van der Waals surface area contributed by atoms with Gasteiger partial charge in [0.15, 0.2) is 0 Å². The fourth-order valence-electron chi connectivity index (χ4n) is 1.41. The molecule has 0 radical (unpaired) electrons. The van der Waals surface area contributed by atoms with Gasteiger partial charge in [-0.05, 0) is 12.1 Å². The second-order valence-corrected chi connectivity index (χ2v) is 6.46. The van der Waals surface area contributed by atoms with Crippen molar-refractivity contribution in [3.63, 3.8) is 0 Å². The topological polar surface area (TPSA) is 63.7 Å². The molecular formula is C12H16FNO4S. The van der Waals surface area contributed by atoms with E-state index in [4.69, 9.17) is 4.74 Å². The number of methoxy groups -OCH3 is 1. The van der Waals surface area contributed by atoms with Gasteiger partial charge in [0.05, 0.1) is 18.4 Å². The maximum absolute atomic E-state index is 13.7. The van der Waals surface area contributed by atoms with Crippen molar-refractivity contribution >= 4 is 15.7 Å². The van der Waals surface area contributed by atoms with Crippen LogP contribution in [0.25, 0.3) is 0 Å². The summed E-state index contributed by atoms with van der Waals surface area (Å²) >= 11 is 0. The van der Waals surface area contributed by atoms with Crippen LogP contribution in [0.4, 0.5) is 4.39 Å². The van der Waals surface area contributed by atoms with Gasteiger partial charge >= 0.3 is 0 Å². The minimum absolute atomic E-state index is 0.0170. The molecule has 19 heavy (non-hydrogen) atoms. The Morgan fingerprint density at radius 1 is 1.42 bits per heavy atom. The summed E-state index contributed by atoms with van der Waals surface area (Å²) in [5.41, 5.74) is -0.114. The van der Waals surface area contributed by atoms with Gasteiger partial charge in [-0.2, -0.15) is 0 Å². The van der Waals surface area contributed by atoms with Crippen LogP contribution in [-0.4, -0.2) is 51.9 Å². The predicted octanol–water partition coefficient (Wildman–Crippen LogP) is 0.951. The number of amides is 1. The molecule has 0 atom stereocenters. The molecule has 0 bridgehead atoms. The fraction of sp³-hybridized carbons (Fsp3) is 0.417. The third kappa shape index (κ3) is 4.51. The van der Waals surface area contributed by atoms with E-state index in [1.54, 1.807) is 0 Å². The van der Waals surface area contributed by atoms with Gasteiger partial charge in [-0.3, -0.25) is 4.79 Å². The van der Waals surface area contributed by atoms with Crippen molar-refractivity contribution in [3.05, 3.63) is 29.6 Å². The lowest BCUT2D eigenvalue weighted by atomic mass is 10.2.